The molecule has 0 saturated heterocycles. The van der Waals surface area contributed by atoms with Gasteiger partial charge in [0.15, 0.2) is 0 Å². The average Bonchev–Trinajstić information content (AvgIpc) is 2.38. The van der Waals surface area contributed by atoms with Crippen LogP contribution in [0.5, 0.6) is 5.75 Å². The van der Waals surface area contributed by atoms with Crippen LogP contribution in [0.4, 0.5) is 0 Å². The molecule has 0 unspecified atom stereocenters. The van der Waals surface area contributed by atoms with Gasteiger partial charge < -0.3 is 27.4 Å². The highest BCUT2D eigenvalue weighted by molar-refractivity contribution is 5.90. The van der Waals surface area contributed by atoms with Crippen LogP contribution in [0.3, 0.4) is 0 Å². The van der Waals surface area contributed by atoms with Gasteiger partial charge in [-0.3, -0.25) is 0 Å². The number of para-hydroxylation sites is 1. The van der Waals surface area contributed by atoms with Gasteiger partial charge >= 0.3 is 11.9 Å². The first-order chi connectivity index (χ1) is 9.04. The monoisotopic (exact) mass is 297 g/mol. The van der Waals surface area contributed by atoms with E-state index in [1.165, 1.54) is 17.7 Å². The predicted molar refractivity (Wildman–Crippen MR) is 65.3 cm³/mol. The smallest absolute Gasteiger partial charge is 0.401 e. The lowest BCUT2D eigenvalue weighted by atomic mass is 10.1. The molecule has 20 heavy (non-hydrogen) atoms. The lowest BCUT2D eigenvalue weighted by Crippen LogP contribution is -3.00. The van der Waals surface area contributed by atoms with Gasteiger partial charge in [0.1, 0.15) is 5.75 Å². The van der Waals surface area contributed by atoms with Crippen LogP contribution in [0.2, 0.25) is 0 Å². The molecular formula is C13H12ClNO5. The van der Waals surface area contributed by atoms with Gasteiger partial charge in [-0.2, -0.15) is 4.57 Å². The Morgan fingerprint density at radius 2 is 1.90 bits per heavy atom. The summed E-state index contributed by atoms with van der Waals surface area (Å²) in [5.74, 6) is -1.91. The third-order valence-electron chi connectivity index (χ3n) is 2.75. The molecule has 7 heteroatoms. The molecule has 0 spiro atoms. The summed E-state index contributed by atoms with van der Waals surface area (Å²) in [6, 6.07) is 8.22. The maximum Gasteiger partial charge on any atom is 0.401 e. The van der Waals surface area contributed by atoms with Gasteiger partial charge in [0.25, 0.3) is 5.69 Å². The zero-order valence-corrected chi connectivity index (χ0v) is 11.3. The molecule has 0 atom stereocenters. The van der Waals surface area contributed by atoms with Gasteiger partial charge in [0.2, 0.25) is 12.1 Å². The second-order valence-corrected chi connectivity index (χ2v) is 3.90. The van der Waals surface area contributed by atoms with E-state index in [1.807, 2.05) is 0 Å². The quantitative estimate of drug-likeness (QED) is 0.633. The average molecular weight is 298 g/mol. The molecule has 6 nitrogen and oxygen atoms in total. The standard InChI is InChI=1S/C13H11NO5.ClH/c1-19-11-6-10(13(17)18)14(7-12(15)16)9-5-3-2-4-8(9)11;/h2-6H,7H2,1H3,(H-,15,16,17,18);1H. The Balaban J connectivity index is 0.00000200. The third-order valence-corrected chi connectivity index (χ3v) is 2.75. The molecule has 1 aromatic heterocycles. The van der Waals surface area contributed by atoms with Crippen LogP contribution in [0.25, 0.3) is 10.9 Å². The number of carbonyl (C=O) groups is 2. The summed E-state index contributed by atoms with van der Waals surface area (Å²) in [5.41, 5.74) is 0.375. The van der Waals surface area contributed by atoms with Crippen LogP contribution < -0.4 is 21.7 Å². The second kappa shape index (κ2) is 6.21. The molecule has 2 N–H and O–H groups in total. The number of rotatable bonds is 4. The van der Waals surface area contributed by atoms with Crippen molar-refractivity contribution in [1.29, 1.82) is 0 Å². The molecule has 2 aromatic rings. The summed E-state index contributed by atoms with van der Waals surface area (Å²) in [5, 5.41) is 18.8. The van der Waals surface area contributed by atoms with E-state index in [2.05, 4.69) is 0 Å². The maximum absolute atomic E-state index is 11.2. The SMILES string of the molecule is COc1cc(C(=O)O)[n+](CC(=O)O)c2ccccc12.[Cl-]. The number of benzene rings is 1. The summed E-state index contributed by atoms with van der Waals surface area (Å²) < 4.78 is 6.39. The van der Waals surface area contributed by atoms with Gasteiger partial charge in [-0.25, -0.2) is 9.59 Å². The Morgan fingerprint density at radius 3 is 2.45 bits per heavy atom. The van der Waals surface area contributed by atoms with E-state index in [4.69, 9.17) is 9.84 Å². The summed E-state index contributed by atoms with van der Waals surface area (Å²) in [6.07, 6.45) is 0. The molecule has 0 aliphatic carbocycles. The Bertz CT molecular complexity index is 671. The first kappa shape index (κ1) is 15.7. The van der Waals surface area contributed by atoms with Crippen molar-refractivity contribution in [1.82, 2.24) is 0 Å². The highest BCUT2D eigenvalue weighted by atomic mass is 35.5. The van der Waals surface area contributed by atoms with Crippen LogP contribution >= 0.6 is 0 Å². The summed E-state index contributed by atoms with van der Waals surface area (Å²) >= 11 is 0. The molecule has 2 rings (SSSR count). The molecule has 0 radical (unpaired) electrons. The normalized spacial score (nSPS) is 9.85. The molecule has 0 amide bonds. The fourth-order valence-electron chi connectivity index (χ4n) is 1.98. The molecule has 0 saturated carbocycles. The van der Waals surface area contributed by atoms with E-state index >= 15 is 0 Å². The van der Waals surface area contributed by atoms with E-state index in [-0.39, 0.29) is 18.1 Å². The first-order valence-corrected chi connectivity index (χ1v) is 5.49. The van der Waals surface area contributed by atoms with Crippen molar-refractivity contribution in [2.75, 3.05) is 7.11 Å². The number of fused-ring (bicyclic) bond motifs is 1. The van der Waals surface area contributed by atoms with Gasteiger partial charge in [-0.05, 0) is 6.07 Å². The summed E-state index contributed by atoms with van der Waals surface area (Å²) in [4.78, 5) is 22.1. The third kappa shape index (κ3) is 2.80. The van der Waals surface area contributed by atoms with Crippen molar-refractivity contribution in [2.45, 2.75) is 6.54 Å². The van der Waals surface area contributed by atoms with Crippen molar-refractivity contribution in [3.8, 4) is 5.75 Å². The number of carboxylic acids is 2. The zero-order valence-electron chi connectivity index (χ0n) is 10.5. The number of aliphatic carboxylic acids is 1. The molecule has 1 heterocycles. The number of pyridine rings is 1. The largest absolute Gasteiger partial charge is 1.00 e. The Kier molecular flexibility index (Phi) is 4.88. The van der Waals surface area contributed by atoms with Gasteiger partial charge in [0.05, 0.1) is 18.6 Å². The number of aromatic carboxylic acids is 1. The van der Waals surface area contributed by atoms with Crippen molar-refractivity contribution >= 4 is 22.8 Å². The van der Waals surface area contributed by atoms with Gasteiger partial charge in [-0.1, -0.05) is 12.1 Å². The number of halogens is 1. The van der Waals surface area contributed by atoms with Crippen LogP contribution in [0.15, 0.2) is 30.3 Å². The lowest BCUT2D eigenvalue weighted by Gasteiger charge is -2.07. The minimum absolute atomic E-state index is 0. The number of aromatic nitrogens is 1. The summed E-state index contributed by atoms with van der Waals surface area (Å²) in [6.45, 7) is -0.424. The molecule has 0 aliphatic heterocycles. The summed E-state index contributed by atoms with van der Waals surface area (Å²) in [7, 11) is 1.44. The van der Waals surface area contributed by atoms with E-state index in [0.29, 0.717) is 16.7 Å². The van der Waals surface area contributed by atoms with Gasteiger partial charge in [-0.15, -0.1) is 0 Å². The fraction of sp³-hybridized carbons (Fsp3) is 0.154. The number of hydrogen-bond acceptors (Lipinski definition) is 3. The molecule has 106 valence electrons. The molecule has 0 aliphatic rings. The number of hydrogen-bond donors (Lipinski definition) is 2. The lowest BCUT2D eigenvalue weighted by molar-refractivity contribution is -0.662. The Labute approximate surface area is 120 Å². The van der Waals surface area contributed by atoms with Crippen LogP contribution in [-0.4, -0.2) is 29.3 Å². The predicted octanol–water partition coefficient (Wildman–Crippen LogP) is -2.08. The highest BCUT2D eigenvalue weighted by Crippen LogP contribution is 2.24. The van der Waals surface area contributed by atoms with Gasteiger partial charge in [0, 0.05) is 6.07 Å². The van der Waals surface area contributed by atoms with E-state index in [0.717, 1.165) is 0 Å². The number of nitrogens with zero attached hydrogens (tertiary/aromatic N) is 1. The van der Waals surface area contributed by atoms with Crippen molar-refractivity contribution in [3.63, 3.8) is 0 Å². The highest BCUT2D eigenvalue weighted by Gasteiger charge is 2.26. The zero-order chi connectivity index (χ0) is 14.0. The minimum Gasteiger partial charge on any atom is -1.00 e. The van der Waals surface area contributed by atoms with Crippen LogP contribution in [0.1, 0.15) is 10.5 Å². The van der Waals surface area contributed by atoms with Crippen LogP contribution in [-0.2, 0) is 11.3 Å². The first-order valence-electron chi connectivity index (χ1n) is 5.49. The van der Waals surface area contributed by atoms with E-state index in [1.54, 1.807) is 24.3 Å². The Morgan fingerprint density at radius 1 is 1.25 bits per heavy atom. The number of methoxy groups -OCH3 is 1. The van der Waals surface area contributed by atoms with Crippen molar-refractivity contribution < 1.29 is 41.5 Å². The number of ether oxygens (including phenoxy) is 1. The fourth-order valence-corrected chi connectivity index (χ4v) is 1.98. The molecule has 0 bridgehead atoms. The topological polar surface area (TPSA) is 87.7 Å². The second-order valence-electron chi connectivity index (χ2n) is 3.90. The van der Waals surface area contributed by atoms with Crippen LogP contribution in [0, 0.1) is 0 Å². The molecular weight excluding hydrogens is 286 g/mol. The molecule has 0 fully saturated rings. The molecule has 1 aromatic carbocycles. The van der Waals surface area contributed by atoms with Crippen molar-refractivity contribution in [3.05, 3.63) is 36.0 Å². The minimum atomic E-state index is -1.20. The number of carboxylic acid groups (broad SMARTS) is 2. The van der Waals surface area contributed by atoms with Crippen molar-refractivity contribution in [2.24, 2.45) is 0 Å². The van der Waals surface area contributed by atoms with E-state index in [9.17, 15) is 14.7 Å². The maximum atomic E-state index is 11.2. The van der Waals surface area contributed by atoms with E-state index < -0.39 is 18.5 Å². The Hall–Kier alpha value is -2.34.